The summed E-state index contributed by atoms with van der Waals surface area (Å²) in [5, 5.41) is 50.9. The highest BCUT2D eigenvalue weighted by atomic mass is 16.7. The molecule has 0 bridgehead atoms. The van der Waals surface area contributed by atoms with E-state index in [2.05, 4.69) is 0 Å². The molecule has 2 aromatic rings. The molecular formula is C25H34O10. The molecule has 0 radical (unpaired) electrons. The Morgan fingerprint density at radius 2 is 1.86 bits per heavy atom. The fourth-order valence-electron chi connectivity index (χ4n) is 3.80. The highest BCUT2D eigenvalue weighted by molar-refractivity contribution is 5.77. The molecule has 0 spiro atoms. The van der Waals surface area contributed by atoms with Gasteiger partial charge in [-0.2, -0.15) is 0 Å². The lowest BCUT2D eigenvalue weighted by molar-refractivity contribution is -0.322. The molecule has 6 atom stereocenters. The summed E-state index contributed by atoms with van der Waals surface area (Å²) in [6.45, 7) is 4.72. The molecule has 1 aliphatic heterocycles. The fourth-order valence-corrected chi connectivity index (χ4v) is 3.80. The fraction of sp³-hybridized carbons (Fsp3) is 0.560. The Bertz CT molecular complexity index is 1050. The summed E-state index contributed by atoms with van der Waals surface area (Å²) in [7, 11) is 0. The van der Waals surface area contributed by atoms with Crippen LogP contribution in [0.2, 0.25) is 0 Å². The predicted molar refractivity (Wildman–Crippen MR) is 126 cm³/mol. The van der Waals surface area contributed by atoms with Crippen molar-refractivity contribution < 1.29 is 44.2 Å². The standard InChI is InChI=1S/C25H34O10/c1-14(10-11-32-16-7-5-15-6-9-20(27)33-17(15)12-16)4-8-19(25(2,3)31)35-24-23(30)22(29)21(28)18(13-26)34-24/h5-7,9-10,12,18-19,21-24,26,28-31H,4,8,11,13H2,1-3H3/b14-10+/t18-,19-,21-,22+,23-,24+/m1/s1. The van der Waals surface area contributed by atoms with E-state index in [1.165, 1.54) is 6.07 Å². The molecule has 10 heteroatoms. The highest BCUT2D eigenvalue weighted by Crippen LogP contribution is 2.28. The third-order valence-electron chi connectivity index (χ3n) is 6.01. The molecule has 0 unspecified atom stereocenters. The SMILES string of the molecule is C/C(=C\COc1ccc2ccc(=O)oc2c1)CC[C@@H](O[C@@H]1O[C@H](CO)[C@@H](O)[C@H](O)[C@H]1O)C(C)(C)O. The Balaban J connectivity index is 1.57. The quantitative estimate of drug-likeness (QED) is 0.237. The maximum absolute atomic E-state index is 11.4. The van der Waals surface area contributed by atoms with Crippen molar-refractivity contribution in [2.24, 2.45) is 0 Å². The Morgan fingerprint density at radius 3 is 2.54 bits per heavy atom. The van der Waals surface area contributed by atoms with Crippen LogP contribution in [-0.2, 0) is 9.47 Å². The second-order valence-electron chi connectivity index (χ2n) is 9.33. The molecule has 1 saturated heterocycles. The summed E-state index contributed by atoms with van der Waals surface area (Å²) in [6.07, 6.45) is -5.03. The van der Waals surface area contributed by atoms with Crippen molar-refractivity contribution in [3.63, 3.8) is 0 Å². The van der Waals surface area contributed by atoms with Gasteiger partial charge in [-0.3, -0.25) is 0 Å². The Hall–Kier alpha value is -2.31. The molecule has 0 aliphatic carbocycles. The topological polar surface area (TPSA) is 159 Å². The van der Waals surface area contributed by atoms with Gasteiger partial charge in [0.2, 0.25) is 0 Å². The number of rotatable bonds is 10. The van der Waals surface area contributed by atoms with Crippen LogP contribution in [0.4, 0.5) is 0 Å². The van der Waals surface area contributed by atoms with Crippen molar-refractivity contribution in [2.45, 2.75) is 76.0 Å². The van der Waals surface area contributed by atoms with Crippen LogP contribution in [0.25, 0.3) is 11.0 Å². The largest absolute Gasteiger partial charge is 0.489 e. The smallest absolute Gasteiger partial charge is 0.336 e. The minimum atomic E-state index is -1.56. The Kier molecular flexibility index (Phi) is 9.05. The normalized spacial score (nSPS) is 26.6. The van der Waals surface area contributed by atoms with Gasteiger partial charge in [0.25, 0.3) is 0 Å². The molecule has 1 aromatic carbocycles. The van der Waals surface area contributed by atoms with Crippen LogP contribution in [-0.4, -0.2) is 81.2 Å². The molecule has 0 amide bonds. The summed E-state index contributed by atoms with van der Waals surface area (Å²) in [5.41, 5.74) is -0.333. The van der Waals surface area contributed by atoms with Gasteiger partial charge < -0.3 is 44.2 Å². The van der Waals surface area contributed by atoms with Crippen molar-refractivity contribution in [1.29, 1.82) is 0 Å². The molecule has 1 aliphatic rings. The summed E-state index contributed by atoms with van der Waals surface area (Å²) >= 11 is 0. The van der Waals surface area contributed by atoms with Crippen LogP contribution in [0.15, 0.2) is 51.2 Å². The van der Waals surface area contributed by atoms with E-state index < -0.39 is 54.6 Å². The van der Waals surface area contributed by atoms with Gasteiger partial charge in [0.05, 0.1) is 18.3 Å². The van der Waals surface area contributed by atoms with E-state index in [9.17, 15) is 30.3 Å². The number of benzene rings is 1. The first-order valence-corrected chi connectivity index (χ1v) is 11.5. The molecule has 35 heavy (non-hydrogen) atoms. The van der Waals surface area contributed by atoms with Crippen LogP contribution in [0.1, 0.15) is 33.6 Å². The molecular weight excluding hydrogens is 460 g/mol. The first-order valence-electron chi connectivity index (χ1n) is 11.5. The second kappa shape index (κ2) is 11.6. The van der Waals surface area contributed by atoms with Gasteiger partial charge in [0.1, 0.15) is 42.4 Å². The lowest BCUT2D eigenvalue weighted by Gasteiger charge is -2.42. The van der Waals surface area contributed by atoms with Crippen molar-refractivity contribution >= 4 is 11.0 Å². The van der Waals surface area contributed by atoms with Gasteiger partial charge in [-0.15, -0.1) is 0 Å². The van der Waals surface area contributed by atoms with Gasteiger partial charge in [-0.1, -0.05) is 5.57 Å². The van der Waals surface area contributed by atoms with Gasteiger partial charge in [0.15, 0.2) is 6.29 Å². The number of allylic oxidation sites excluding steroid dienone is 1. The van der Waals surface area contributed by atoms with Crippen LogP contribution in [0.3, 0.4) is 0 Å². The minimum absolute atomic E-state index is 0.273. The zero-order valence-corrected chi connectivity index (χ0v) is 20.0. The lowest BCUT2D eigenvalue weighted by Crippen LogP contribution is -2.60. The Morgan fingerprint density at radius 1 is 1.14 bits per heavy atom. The summed E-state index contributed by atoms with van der Waals surface area (Å²) in [4.78, 5) is 11.4. The minimum Gasteiger partial charge on any atom is -0.489 e. The molecule has 0 saturated carbocycles. The molecule has 10 nitrogen and oxygen atoms in total. The van der Waals surface area contributed by atoms with E-state index in [1.54, 1.807) is 38.1 Å². The van der Waals surface area contributed by atoms with E-state index in [1.807, 2.05) is 13.0 Å². The number of aliphatic hydroxyl groups excluding tert-OH is 4. The van der Waals surface area contributed by atoms with Crippen LogP contribution >= 0.6 is 0 Å². The zero-order chi connectivity index (χ0) is 25.8. The van der Waals surface area contributed by atoms with Gasteiger partial charge in [-0.05, 0) is 57.9 Å². The van der Waals surface area contributed by atoms with Crippen LogP contribution in [0, 0.1) is 0 Å². The summed E-state index contributed by atoms with van der Waals surface area (Å²) in [6, 6.07) is 8.27. The van der Waals surface area contributed by atoms with Gasteiger partial charge in [0, 0.05) is 17.5 Å². The highest BCUT2D eigenvalue weighted by Gasteiger charge is 2.46. The third-order valence-corrected chi connectivity index (χ3v) is 6.01. The van der Waals surface area contributed by atoms with E-state index in [-0.39, 0.29) is 6.61 Å². The molecule has 3 rings (SSSR count). The van der Waals surface area contributed by atoms with Gasteiger partial charge in [-0.25, -0.2) is 4.79 Å². The van der Waals surface area contributed by atoms with Crippen molar-refractivity contribution in [2.75, 3.05) is 13.2 Å². The van der Waals surface area contributed by atoms with E-state index in [0.717, 1.165) is 11.0 Å². The zero-order valence-electron chi connectivity index (χ0n) is 20.0. The predicted octanol–water partition coefficient (Wildman–Crippen LogP) is 0.854. The molecule has 5 N–H and O–H groups in total. The number of hydrogen-bond donors (Lipinski definition) is 5. The van der Waals surface area contributed by atoms with Crippen molar-refractivity contribution in [3.8, 4) is 5.75 Å². The maximum Gasteiger partial charge on any atom is 0.336 e. The third kappa shape index (κ3) is 7.11. The van der Waals surface area contributed by atoms with E-state index in [4.69, 9.17) is 18.6 Å². The first kappa shape index (κ1) is 27.3. The molecule has 2 heterocycles. The number of ether oxygens (including phenoxy) is 3. The number of fused-ring (bicyclic) bond motifs is 1. The maximum atomic E-state index is 11.4. The van der Waals surface area contributed by atoms with Crippen LogP contribution < -0.4 is 10.4 Å². The molecule has 194 valence electrons. The van der Waals surface area contributed by atoms with Crippen molar-refractivity contribution in [3.05, 3.63) is 52.4 Å². The molecule has 1 fully saturated rings. The monoisotopic (exact) mass is 494 g/mol. The lowest BCUT2D eigenvalue weighted by atomic mass is 9.94. The number of aliphatic hydroxyl groups is 5. The average Bonchev–Trinajstić information content (AvgIpc) is 2.80. The average molecular weight is 495 g/mol. The van der Waals surface area contributed by atoms with E-state index in [0.29, 0.717) is 24.2 Å². The van der Waals surface area contributed by atoms with E-state index >= 15 is 0 Å². The van der Waals surface area contributed by atoms with Crippen LogP contribution in [0.5, 0.6) is 5.75 Å². The van der Waals surface area contributed by atoms with Gasteiger partial charge >= 0.3 is 5.63 Å². The second-order valence-corrected chi connectivity index (χ2v) is 9.33. The number of hydrogen-bond acceptors (Lipinski definition) is 10. The summed E-state index contributed by atoms with van der Waals surface area (Å²) in [5.74, 6) is 0.552. The first-order chi connectivity index (χ1) is 16.5. The summed E-state index contributed by atoms with van der Waals surface area (Å²) < 4.78 is 22.1. The molecule has 1 aromatic heterocycles. The Labute approximate surface area is 203 Å². The van der Waals surface area contributed by atoms with Crippen molar-refractivity contribution in [1.82, 2.24) is 0 Å².